The number of hydrogen-bond acceptors (Lipinski definition) is 4. The number of ether oxygens (including phenoxy) is 1. The molecule has 0 aliphatic heterocycles. The fourth-order valence-electron chi connectivity index (χ4n) is 2.76. The van der Waals surface area contributed by atoms with E-state index in [1.165, 1.54) is 0 Å². The Morgan fingerprint density at radius 1 is 1.00 bits per heavy atom. The van der Waals surface area contributed by atoms with E-state index in [-0.39, 0.29) is 10.8 Å². The Kier molecular flexibility index (Phi) is 7.65. The SMILES string of the molecule is CC(C)C[C@H](NS(=O)(=O)c1ccc(-c2ccc(Br)cc2)cc1)C(=O)OC(C)(C)C. The van der Waals surface area contributed by atoms with Crippen molar-refractivity contribution in [2.45, 2.75) is 57.6 Å². The van der Waals surface area contributed by atoms with Crippen LogP contribution in [0.15, 0.2) is 57.9 Å². The number of carbonyl (C=O) groups is 1. The molecule has 0 aliphatic rings. The van der Waals surface area contributed by atoms with Crippen molar-refractivity contribution >= 4 is 31.9 Å². The number of sulfonamides is 1. The Morgan fingerprint density at radius 2 is 1.48 bits per heavy atom. The molecule has 2 rings (SSSR count). The van der Waals surface area contributed by atoms with Crippen LogP contribution >= 0.6 is 15.9 Å². The summed E-state index contributed by atoms with van der Waals surface area (Å²) in [5.74, 6) is -0.448. The molecule has 1 atom stereocenters. The number of benzene rings is 2. The normalized spacial score (nSPS) is 13.3. The average molecular weight is 482 g/mol. The Bertz CT molecular complexity index is 930. The molecule has 5 nitrogen and oxygen atoms in total. The summed E-state index contributed by atoms with van der Waals surface area (Å²) >= 11 is 3.40. The lowest BCUT2D eigenvalue weighted by Crippen LogP contribution is -2.44. The number of carbonyl (C=O) groups excluding carboxylic acids is 1. The van der Waals surface area contributed by atoms with E-state index >= 15 is 0 Å². The zero-order valence-corrected chi connectivity index (χ0v) is 19.8. The van der Waals surface area contributed by atoms with E-state index in [1.54, 1.807) is 45.0 Å². The van der Waals surface area contributed by atoms with E-state index in [4.69, 9.17) is 4.74 Å². The van der Waals surface area contributed by atoms with Crippen LogP contribution in [0.25, 0.3) is 11.1 Å². The summed E-state index contributed by atoms with van der Waals surface area (Å²) in [7, 11) is -3.87. The molecule has 158 valence electrons. The summed E-state index contributed by atoms with van der Waals surface area (Å²) in [6.45, 7) is 9.13. The molecular weight excluding hydrogens is 454 g/mol. The van der Waals surface area contributed by atoms with Gasteiger partial charge in [0, 0.05) is 4.47 Å². The maximum atomic E-state index is 12.9. The van der Waals surface area contributed by atoms with Crippen molar-refractivity contribution in [1.29, 1.82) is 0 Å². The zero-order chi connectivity index (χ0) is 21.8. The Morgan fingerprint density at radius 3 is 1.93 bits per heavy atom. The largest absolute Gasteiger partial charge is 0.459 e. The van der Waals surface area contributed by atoms with Gasteiger partial charge in [0.2, 0.25) is 10.0 Å². The van der Waals surface area contributed by atoms with Crippen LogP contribution in [0, 0.1) is 5.92 Å². The Balaban J connectivity index is 2.22. The van der Waals surface area contributed by atoms with Gasteiger partial charge in [-0.25, -0.2) is 8.42 Å². The minimum Gasteiger partial charge on any atom is -0.459 e. The van der Waals surface area contributed by atoms with Gasteiger partial charge in [0.25, 0.3) is 0 Å². The number of nitrogens with one attached hydrogen (secondary N) is 1. The second kappa shape index (κ2) is 9.41. The molecule has 0 aliphatic carbocycles. The third-order valence-electron chi connectivity index (χ3n) is 4.04. The molecule has 0 fully saturated rings. The predicted molar refractivity (Wildman–Crippen MR) is 119 cm³/mol. The van der Waals surface area contributed by atoms with Crippen molar-refractivity contribution in [2.75, 3.05) is 0 Å². The van der Waals surface area contributed by atoms with Gasteiger partial charge >= 0.3 is 5.97 Å². The topological polar surface area (TPSA) is 72.5 Å². The van der Waals surface area contributed by atoms with Gasteiger partial charge in [-0.05, 0) is 68.5 Å². The Hall–Kier alpha value is -1.70. The standard InChI is InChI=1S/C22H28BrNO4S/c1-15(2)14-20(21(25)28-22(3,4)5)24-29(26,27)19-12-8-17(9-13-19)16-6-10-18(23)11-7-16/h6-13,15,20,24H,14H2,1-5H3/t20-/m0/s1. The number of halogens is 1. The first-order chi connectivity index (χ1) is 13.4. The van der Waals surface area contributed by atoms with Crippen molar-refractivity contribution in [2.24, 2.45) is 5.92 Å². The molecule has 2 aromatic carbocycles. The fraction of sp³-hybridized carbons (Fsp3) is 0.409. The highest BCUT2D eigenvalue weighted by Crippen LogP contribution is 2.24. The van der Waals surface area contributed by atoms with Gasteiger partial charge in [-0.1, -0.05) is 54.0 Å². The third kappa shape index (κ3) is 7.24. The van der Waals surface area contributed by atoms with E-state index in [2.05, 4.69) is 20.7 Å². The van der Waals surface area contributed by atoms with Crippen LogP contribution in [-0.2, 0) is 19.6 Å². The van der Waals surface area contributed by atoms with Crippen LogP contribution in [0.2, 0.25) is 0 Å². The first-order valence-corrected chi connectivity index (χ1v) is 11.8. The molecular formula is C22H28BrNO4S. The van der Waals surface area contributed by atoms with Gasteiger partial charge in [-0.15, -0.1) is 0 Å². The number of hydrogen-bond donors (Lipinski definition) is 1. The van der Waals surface area contributed by atoms with E-state index < -0.39 is 27.6 Å². The highest BCUT2D eigenvalue weighted by atomic mass is 79.9. The van der Waals surface area contributed by atoms with Gasteiger partial charge in [-0.3, -0.25) is 4.79 Å². The van der Waals surface area contributed by atoms with Crippen LogP contribution in [0.3, 0.4) is 0 Å². The van der Waals surface area contributed by atoms with Gasteiger partial charge in [-0.2, -0.15) is 4.72 Å². The molecule has 0 saturated carbocycles. The lowest BCUT2D eigenvalue weighted by molar-refractivity contribution is -0.157. The van der Waals surface area contributed by atoms with Crippen molar-refractivity contribution < 1.29 is 17.9 Å². The highest BCUT2D eigenvalue weighted by molar-refractivity contribution is 9.10. The summed E-state index contributed by atoms with van der Waals surface area (Å²) in [6, 6.07) is 13.4. The van der Waals surface area contributed by atoms with Gasteiger partial charge in [0.1, 0.15) is 11.6 Å². The lowest BCUT2D eigenvalue weighted by Gasteiger charge is -2.25. The van der Waals surface area contributed by atoms with Crippen molar-refractivity contribution in [3.05, 3.63) is 53.0 Å². The predicted octanol–water partition coefficient (Wildman–Crippen LogP) is 5.15. The summed E-state index contributed by atoms with van der Waals surface area (Å²) in [6.07, 6.45) is 0.352. The second-order valence-electron chi connectivity index (χ2n) is 8.37. The van der Waals surface area contributed by atoms with Crippen LogP contribution in [-0.4, -0.2) is 26.0 Å². The molecule has 0 amide bonds. The van der Waals surface area contributed by atoms with E-state index in [0.717, 1.165) is 15.6 Å². The van der Waals surface area contributed by atoms with E-state index in [0.29, 0.717) is 6.42 Å². The number of esters is 1. The molecule has 0 aromatic heterocycles. The molecule has 0 unspecified atom stereocenters. The van der Waals surface area contributed by atoms with Gasteiger partial charge in [0.05, 0.1) is 4.90 Å². The van der Waals surface area contributed by atoms with Crippen LogP contribution in [0.1, 0.15) is 41.0 Å². The molecule has 0 spiro atoms. The van der Waals surface area contributed by atoms with Crippen LogP contribution in [0.5, 0.6) is 0 Å². The van der Waals surface area contributed by atoms with Gasteiger partial charge in [0.15, 0.2) is 0 Å². The zero-order valence-electron chi connectivity index (χ0n) is 17.4. The average Bonchev–Trinajstić information content (AvgIpc) is 2.60. The highest BCUT2D eigenvalue weighted by Gasteiger charge is 2.30. The van der Waals surface area contributed by atoms with Crippen molar-refractivity contribution in [1.82, 2.24) is 4.72 Å². The summed E-state index contributed by atoms with van der Waals surface area (Å²) in [4.78, 5) is 12.6. The summed E-state index contributed by atoms with van der Waals surface area (Å²) in [5.41, 5.74) is 1.20. The van der Waals surface area contributed by atoms with E-state index in [1.807, 2.05) is 38.1 Å². The molecule has 2 aromatic rings. The van der Waals surface area contributed by atoms with Crippen molar-refractivity contribution in [3.63, 3.8) is 0 Å². The quantitative estimate of drug-likeness (QED) is 0.554. The van der Waals surface area contributed by atoms with Gasteiger partial charge < -0.3 is 4.74 Å². The maximum Gasteiger partial charge on any atom is 0.324 e. The number of rotatable bonds is 7. The minimum atomic E-state index is -3.87. The third-order valence-corrected chi connectivity index (χ3v) is 6.05. The van der Waals surface area contributed by atoms with E-state index in [9.17, 15) is 13.2 Å². The molecule has 7 heteroatoms. The fourth-order valence-corrected chi connectivity index (χ4v) is 4.22. The van der Waals surface area contributed by atoms with Crippen LogP contribution in [0.4, 0.5) is 0 Å². The Labute approximate surface area is 182 Å². The lowest BCUT2D eigenvalue weighted by atomic mass is 10.0. The molecule has 0 saturated heterocycles. The van der Waals surface area contributed by atoms with Crippen molar-refractivity contribution in [3.8, 4) is 11.1 Å². The minimum absolute atomic E-state index is 0.107. The first-order valence-electron chi connectivity index (χ1n) is 9.48. The summed E-state index contributed by atoms with van der Waals surface area (Å²) in [5, 5.41) is 0. The second-order valence-corrected chi connectivity index (χ2v) is 11.0. The molecule has 0 radical (unpaired) electrons. The molecule has 0 heterocycles. The molecule has 0 bridgehead atoms. The molecule has 29 heavy (non-hydrogen) atoms. The maximum absolute atomic E-state index is 12.9. The van der Waals surface area contributed by atoms with Crippen LogP contribution < -0.4 is 4.72 Å². The smallest absolute Gasteiger partial charge is 0.324 e. The first kappa shape index (κ1) is 23.6. The molecule has 1 N–H and O–H groups in total. The summed E-state index contributed by atoms with van der Waals surface area (Å²) < 4.78 is 34.6. The monoisotopic (exact) mass is 481 g/mol.